The maximum Gasteiger partial charge on any atom is 0.236 e. The lowest BCUT2D eigenvalue weighted by atomic mass is 9.81. The molecule has 3 rings (SSSR count). The predicted octanol–water partition coefficient (Wildman–Crippen LogP) is 0.542. The Bertz CT molecular complexity index is 626. The van der Waals surface area contributed by atoms with Crippen molar-refractivity contribution < 1.29 is 13.2 Å². The topological polar surface area (TPSA) is 66.5 Å². The lowest BCUT2D eigenvalue weighted by Crippen LogP contribution is -2.39. The van der Waals surface area contributed by atoms with E-state index in [-0.39, 0.29) is 12.5 Å². The molecule has 1 spiro atoms. The molecule has 0 aliphatic carbocycles. The van der Waals surface area contributed by atoms with E-state index in [4.69, 9.17) is 0 Å². The molecule has 0 saturated carbocycles. The third-order valence-electron chi connectivity index (χ3n) is 3.83. The van der Waals surface area contributed by atoms with E-state index in [0.29, 0.717) is 13.0 Å². The summed E-state index contributed by atoms with van der Waals surface area (Å²) in [4.78, 5) is 12.2. The second-order valence-electron chi connectivity index (χ2n) is 4.93. The number of carbonyl (C=O) groups excluding carboxylic acids is 1. The van der Waals surface area contributed by atoms with Gasteiger partial charge in [0.15, 0.2) is 0 Å². The number of rotatable bonds is 1. The van der Waals surface area contributed by atoms with Gasteiger partial charge in [0, 0.05) is 18.8 Å². The first-order chi connectivity index (χ1) is 8.43. The number of hydrogen-bond acceptors (Lipinski definition) is 3. The first kappa shape index (κ1) is 11.7. The molecule has 2 heterocycles. The quantitative estimate of drug-likeness (QED) is 0.807. The fraction of sp³-hybridized carbons (Fsp3) is 0.417. The lowest BCUT2D eigenvalue weighted by molar-refractivity contribution is -0.120. The number of carbonyl (C=O) groups is 1. The molecule has 1 saturated heterocycles. The number of nitrogens with zero attached hydrogens (tertiary/aromatic N) is 1. The third kappa shape index (κ3) is 1.49. The fourth-order valence-corrected chi connectivity index (χ4v) is 3.71. The van der Waals surface area contributed by atoms with Crippen molar-refractivity contribution in [3.05, 3.63) is 29.8 Å². The molecule has 2 aliphatic heterocycles. The molecule has 1 N–H and O–H groups in total. The van der Waals surface area contributed by atoms with Gasteiger partial charge in [0.05, 0.1) is 11.7 Å². The molecule has 1 amide bonds. The maximum atomic E-state index is 12.2. The van der Waals surface area contributed by atoms with Gasteiger partial charge in [-0.1, -0.05) is 18.2 Å². The molecular formula is C12H14N2O3S. The zero-order valence-electron chi connectivity index (χ0n) is 10.0. The highest BCUT2D eigenvalue weighted by atomic mass is 32.2. The Hall–Kier alpha value is -1.40. The van der Waals surface area contributed by atoms with Crippen molar-refractivity contribution in [2.75, 3.05) is 24.7 Å². The number of anilines is 1. The number of benzene rings is 1. The molecule has 96 valence electrons. The van der Waals surface area contributed by atoms with Gasteiger partial charge < -0.3 is 5.32 Å². The highest BCUT2D eigenvalue weighted by Crippen LogP contribution is 2.44. The van der Waals surface area contributed by atoms with Gasteiger partial charge in [0.1, 0.15) is 0 Å². The van der Waals surface area contributed by atoms with Gasteiger partial charge in [0.2, 0.25) is 15.9 Å². The predicted molar refractivity (Wildman–Crippen MR) is 67.8 cm³/mol. The highest BCUT2D eigenvalue weighted by Gasteiger charge is 2.52. The first-order valence-electron chi connectivity index (χ1n) is 5.80. The van der Waals surface area contributed by atoms with Gasteiger partial charge in [-0.2, -0.15) is 0 Å². The number of sulfonamides is 1. The van der Waals surface area contributed by atoms with Crippen molar-refractivity contribution in [1.29, 1.82) is 0 Å². The van der Waals surface area contributed by atoms with Crippen LogP contribution in [-0.4, -0.2) is 38.0 Å². The number of amides is 1. The molecule has 0 aromatic heterocycles. The summed E-state index contributed by atoms with van der Waals surface area (Å²) in [5.74, 6) is -0.0881. The SMILES string of the molecule is CS(=O)(=O)N1CC[C@@]2(C1)C(=O)Nc1ccccc12. The molecule has 1 aromatic rings. The molecular weight excluding hydrogens is 252 g/mol. The van der Waals surface area contributed by atoms with Crippen molar-refractivity contribution in [2.24, 2.45) is 0 Å². The van der Waals surface area contributed by atoms with Gasteiger partial charge in [-0.3, -0.25) is 4.79 Å². The molecule has 0 unspecified atom stereocenters. The van der Waals surface area contributed by atoms with Crippen LogP contribution in [0.1, 0.15) is 12.0 Å². The summed E-state index contributed by atoms with van der Waals surface area (Å²) in [5.41, 5.74) is 1.03. The summed E-state index contributed by atoms with van der Waals surface area (Å²) in [6.45, 7) is 0.648. The van der Waals surface area contributed by atoms with Crippen LogP contribution >= 0.6 is 0 Å². The number of nitrogens with one attached hydrogen (secondary N) is 1. The summed E-state index contributed by atoms with van der Waals surface area (Å²) in [6.07, 6.45) is 1.73. The molecule has 1 aromatic carbocycles. The van der Waals surface area contributed by atoms with Crippen molar-refractivity contribution >= 4 is 21.6 Å². The number of para-hydroxylation sites is 1. The van der Waals surface area contributed by atoms with Crippen molar-refractivity contribution in [3.63, 3.8) is 0 Å². The Balaban J connectivity index is 2.05. The maximum absolute atomic E-state index is 12.2. The van der Waals surface area contributed by atoms with Crippen LogP contribution in [0.2, 0.25) is 0 Å². The van der Waals surface area contributed by atoms with E-state index in [1.807, 2.05) is 24.3 Å². The average molecular weight is 266 g/mol. The zero-order chi connectivity index (χ0) is 13.0. The van der Waals surface area contributed by atoms with E-state index >= 15 is 0 Å². The molecule has 5 nitrogen and oxygen atoms in total. The number of hydrogen-bond donors (Lipinski definition) is 1. The fourth-order valence-electron chi connectivity index (χ4n) is 2.84. The Morgan fingerprint density at radius 3 is 2.72 bits per heavy atom. The van der Waals surface area contributed by atoms with Gasteiger partial charge >= 0.3 is 0 Å². The Morgan fingerprint density at radius 2 is 2.06 bits per heavy atom. The number of fused-ring (bicyclic) bond motifs is 2. The van der Waals surface area contributed by atoms with Crippen LogP contribution < -0.4 is 5.32 Å². The Morgan fingerprint density at radius 1 is 1.33 bits per heavy atom. The van der Waals surface area contributed by atoms with E-state index in [1.165, 1.54) is 10.6 Å². The van der Waals surface area contributed by atoms with Crippen LogP contribution in [0.3, 0.4) is 0 Å². The summed E-state index contributed by atoms with van der Waals surface area (Å²) >= 11 is 0. The van der Waals surface area contributed by atoms with Crippen LogP contribution in [0, 0.1) is 0 Å². The monoisotopic (exact) mass is 266 g/mol. The van der Waals surface area contributed by atoms with Gasteiger partial charge in [0.25, 0.3) is 0 Å². The van der Waals surface area contributed by atoms with Crippen molar-refractivity contribution in [2.45, 2.75) is 11.8 Å². The van der Waals surface area contributed by atoms with Crippen LogP contribution in [0.5, 0.6) is 0 Å². The van der Waals surface area contributed by atoms with E-state index in [1.54, 1.807) is 0 Å². The minimum absolute atomic E-state index is 0.0881. The Labute approximate surface area is 106 Å². The summed E-state index contributed by atoms with van der Waals surface area (Å²) in [6, 6.07) is 7.50. The van der Waals surface area contributed by atoms with E-state index in [2.05, 4.69) is 5.32 Å². The van der Waals surface area contributed by atoms with Crippen LogP contribution in [0.25, 0.3) is 0 Å². The largest absolute Gasteiger partial charge is 0.325 e. The van der Waals surface area contributed by atoms with Crippen molar-refractivity contribution in [3.8, 4) is 0 Å². The molecule has 18 heavy (non-hydrogen) atoms. The third-order valence-corrected chi connectivity index (χ3v) is 5.08. The summed E-state index contributed by atoms with van der Waals surface area (Å²) in [7, 11) is -3.24. The molecule has 6 heteroatoms. The van der Waals surface area contributed by atoms with Crippen LogP contribution in [0.4, 0.5) is 5.69 Å². The molecule has 2 aliphatic rings. The summed E-state index contributed by atoms with van der Waals surface area (Å²) in [5, 5.41) is 2.84. The normalized spacial score (nSPS) is 27.5. The first-order valence-corrected chi connectivity index (χ1v) is 7.64. The second-order valence-corrected chi connectivity index (χ2v) is 6.91. The lowest BCUT2D eigenvalue weighted by Gasteiger charge is -2.21. The summed E-state index contributed by atoms with van der Waals surface area (Å²) < 4.78 is 24.6. The van der Waals surface area contributed by atoms with Gasteiger partial charge in [-0.15, -0.1) is 0 Å². The van der Waals surface area contributed by atoms with Crippen LogP contribution in [-0.2, 0) is 20.2 Å². The molecule has 1 atom stereocenters. The van der Waals surface area contributed by atoms with Crippen LogP contribution in [0.15, 0.2) is 24.3 Å². The van der Waals surface area contributed by atoms with Gasteiger partial charge in [-0.05, 0) is 18.1 Å². The minimum Gasteiger partial charge on any atom is -0.325 e. The minimum atomic E-state index is -3.24. The standard InChI is InChI=1S/C12H14N2O3S/c1-18(16,17)14-7-6-12(8-14)9-4-2-3-5-10(9)13-11(12)15/h2-5H,6-8H2,1H3,(H,13,15)/t12-/m0/s1. The van der Waals surface area contributed by atoms with E-state index in [0.717, 1.165) is 11.3 Å². The average Bonchev–Trinajstić information content (AvgIpc) is 2.85. The zero-order valence-corrected chi connectivity index (χ0v) is 10.8. The Kier molecular flexibility index (Phi) is 2.30. The molecule has 0 radical (unpaired) electrons. The van der Waals surface area contributed by atoms with Gasteiger partial charge in [-0.25, -0.2) is 12.7 Å². The van der Waals surface area contributed by atoms with Crippen molar-refractivity contribution in [1.82, 2.24) is 4.31 Å². The molecule has 1 fully saturated rings. The highest BCUT2D eigenvalue weighted by molar-refractivity contribution is 7.88. The van der Waals surface area contributed by atoms with E-state index in [9.17, 15) is 13.2 Å². The smallest absolute Gasteiger partial charge is 0.236 e. The van der Waals surface area contributed by atoms with E-state index < -0.39 is 15.4 Å². The second kappa shape index (κ2) is 3.55. The molecule has 0 bridgehead atoms.